The minimum absolute atomic E-state index is 0.274. The van der Waals surface area contributed by atoms with Gasteiger partial charge < -0.3 is 0 Å². The van der Waals surface area contributed by atoms with Gasteiger partial charge in [-0.05, 0) is 6.08 Å². The molecule has 0 N–H and O–H groups in total. The Morgan fingerprint density at radius 3 is 2.18 bits per heavy atom. The topological polar surface area (TPSA) is 52.6 Å². The second kappa shape index (κ2) is 2.44. The van der Waals surface area contributed by atoms with E-state index in [4.69, 9.17) is 0 Å². The van der Waals surface area contributed by atoms with Crippen molar-refractivity contribution in [3.63, 3.8) is 0 Å². The highest BCUT2D eigenvalue weighted by Crippen LogP contribution is 2.34. The number of hydrogen-bond acceptors (Lipinski definition) is 4. The molecule has 0 aliphatic carbocycles. The second-order valence-electron chi connectivity index (χ2n) is 2.08. The van der Waals surface area contributed by atoms with Gasteiger partial charge in [-0.2, -0.15) is 8.42 Å². The summed E-state index contributed by atoms with van der Waals surface area (Å²) in [5, 5.41) is 0. The van der Waals surface area contributed by atoms with Crippen LogP contribution in [0.3, 0.4) is 0 Å². The molecule has 0 spiro atoms. The van der Waals surface area contributed by atoms with Gasteiger partial charge in [0.2, 0.25) is 5.79 Å². The lowest BCUT2D eigenvalue weighted by Crippen LogP contribution is -2.48. The van der Waals surface area contributed by atoms with Crippen molar-refractivity contribution < 1.29 is 16.8 Å². The summed E-state index contributed by atoms with van der Waals surface area (Å²) in [7, 11) is -3.74. The third-order valence-corrected chi connectivity index (χ3v) is 2.20. The normalized spacial score (nSPS) is 25.1. The summed E-state index contributed by atoms with van der Waals surface area (Å²) in [5.74, 6) is -1.19. The first-order chi connectivity index (χ1) is 5.04. The van der Waals surface area contributed by atoms with E-state index >= 15 is 0 Å². The molecule has 1 aliphatic rings. The highest BCUT2D eigenvalue weighted by Gasteiger charge is 2.48. The summed E-state index contributed by atoms with van der Waals surface area (Å²) in [4.78, 5) is 0. The van der Waals surface area contributed by atoms with E-state index in [0.29, 0.717) is 0 Å². The van der Waals surface area contributed by atoms with Crippen molar-refractivity contribution in [3.05, 3.63) is 25.3 Å². The van der Waals surface area contributed by atoms with Crippen LogP contribution in [0.25, 0.3) is 0 Å². The summed E-state index contributed by atoms with van der Waals surface area (Å²) in [6.45, 7) is 6.80. The summed E-state index contributed by atoms with van der Waals surface area (Å²) in [5.41, 5.74) is 0. The molecule has 4 nitrogen and oxygen atoms in total. The predicted octanol–water partition coefficient (Wildman–Crippen LogP) is 0.736. The van der Waals surface area contributed by atoms with Gasteiger partial charge in [0, 0.05) is 6.42 Å². The monoisotopic (exact) mass is 176 g/mol. The van der Waals surface area contributed by atoms with E-state index in [1.807, 2.05) is 0 Å². The van der Waals surface area contributed by atoms with E-state index in [-0.39, 0.29) is 6.42 Å². The van der Waals surface area contributed by atoms with Gasteiger partial charge in [0.25, 0.3) is 0 Å². The van der Waals surface area contributed by atoms with Crippen LogP contribution in [0.5, 0.6) is 0 Å². The highest BCUT2D eigenvalue weighted by molar-refractivity contribution is 7.82. The summed E-state index contributed by atoms with van der Waals surface area (Å²) >= 11 is 0. The van der Waals surface area contributed by atoms with E-state index in [0.717, 1.165) is 0 Å². The minimum Gasteiger partial charge on any atom is -0.208 e. The second-order valence-corrected chi connectivity index (χ2v) is 3.23. The van der Waals surface area contributed by atoms with Gasteiger partial charge in [-0.15, -0.1) is 6.58 Å². The molecule has 1 aliphatic heterocycles. The molecular formula is C6H8O4S. The molecule has 0 aromatic carbocycles. The molecule has 11 heavy (non-hydrogen) atoms. The predicted molar refractivity (Wildman–Crippen MR) is 38.8 cm³/mol. The van der Waals surface area contributed by atoms with E-state index < -0.39 is 16.2 Å². The Morgan fingerprint density at radius 1 is 1.36 bits per heavy atom. The van der Waals surface area contributed by atoms with Crippen molar-refractivity contribution in [2.24, 2.45) is 0 Å². The first-order valence-electron chi connectivity index (χ1n) is 2.94. The molecule has 5 heteroatoms. The summed E-state index contributed by atoms with van der Waals surface area (Å²) < 4.78 is 29.7. The van der Waals surface area contributed by atoms with Crippen LogP contribution in [-0.4, -0.2) is 14.2 Å². The Bertz CT molecular complexity index is 265. The average Bonchev–Trinajstić information content (AvgIpc) is 1.84. The lowest BCUT2D eigenvalue weighted by atomic mass is 10.2. The molecule has 0 unspecified atom stereocenters. The molecule has 0 atom stereocenters. The lowest BCUT2D eigenvalue weighted by molar-refractivity contribution is -0.145. The molecule has 0 amide bonds. The molecule has 1 heterocycles. The fourth-order valence-electron chi connectivity index (χ4n) is 0.772. The molecule has 1 rings (SSSR count). The molecule has 0 aromatic rings. The largest absolute Gasteiger partial charge is 0.405 e. The third-order valence-electron chi connectivity index (χ3n) is 1.23. The standard InChI is InChI=1S/C6H8O4S/c1-3-5-6(4-2)9-11(7,8)10-6/h3-4H,1-2,5H2. The van der Waals surface area contributed by atoms with Crippen molar-refractivity contribution in [3.8, 4) is 0 Å². The Labute approximate surface area is 65.4 Å². The average molecular weight is 176 g/mol. The zero-order valence-electron chi connectivity index (χ0n) is 5.82. The zero-order chi connectivity index (χ0) is 8.54. The first kappa shape index (κ1) is 8.45. The maximum absolute atomic E-state index is 10.4. The van der Waals surface area contributed by atoms with Crippen molar-refractivity contribution in [1.29, 1.82) is 0 Å². The minimum atomic E-state index is -3.74. The smallest absolute Gasteiger partial charge is 0.208 e. The fourth-order valence-corrected chi connectivity index (χ4v) is 1.75. The molecule has 0 saturated carbocycles. The number of hydrogen-bond donors (Lipinski definition) is 0. The van der Waals surface area contributed by atoms with Crippen LogP contribution in [0.1, 0.15) is 6.42 Å². The quantitative estimate of drug-likeness (QED) is 0.595. The van der Waals surface area contributed by atoms with Gasteiger partial charge in [0.1, 0.15) is 0 Å². The summed E-state index contributed by atoms with van der Waals surface area (Å²) in [6, 6.07) is 0. The van der Waals surface area contributed by atoms with Crippen LogP contribution in [0.2, 0.25) is 0 Å². The first-order valence-corrected chi connectivity index (χ1v) is 4.28. The Morgan fingerprint density at radius 2 is 1.91 bits per heavy atom. The van der Waals surface area contributed by atoms with Gasteiger partial charge in [0.05, 0.1) is 0 Å². The van der Waals surface area contributed by atoms with E-state index in [1.165, 1.54) is 12.2 Å². The van der Waals surface area contributed by atoms with Gasteiger partial charge >= 0.3 is 10.4 Å². The van der Waals surface area contributed by atoms with Crippen LogP contribution >= 0.6 is 0 Å². The van der Waals surface area contributed by atoms with Gasteiger partial charge in [-0.1, -0.05) is 12.7 Å². The van der Waals surface area contributed by atoms with E-state index in [9.17, 15) is 8.42 Å². The molecular weight excluding hydrogens is 168 g/mol. The van der Waals surface area contributed by atoms with Crippen LogP contribution in [0.15, 0.2) is 25.3 Å². The summed E-state index contributed by atoms with van der Waals surface area (Å²) in [6.07, 6.45) is 3.06. The van der Waals surface area contributed by atoms with Crippen LogP contribution in [-0.2, 0) is 18.8 Å². The van der Waals surface area contributed by atoms with Crippen molar-refractivity contribution >= 4 is 10.4 Å². The highest BCUT2D eigenvalue weighted by atomic mass is 32.3. The molecule has 1 saturated heterocycles. The molecule has 62 valence electrons. The fraction of sp³-hybridized carbons (Fsp3) is 0.333. The van der Waals surface area contributed by atoms with Crippen molar-refractivity contribution in [1.82, 2.24) is 0 Å². The lowest BCUT2D eigenvalue weighted by Gasteiger charge is -2.35. The number of rotatable bonds is 3. The van der Waals surface area contributed by atoms with Gasteiger partial charge in [-0.3, -0.25) is 0 Å². The SMILES string of the molecule is C=CCC1(C=C)OS(=O)(=O)O1. The zero-order valence-corrected chi connectivity index (χ0v) is 6.63. The van der Waals surface area contributed by atoms with E-state index in [1.54, 1.807) is 0 Å². The van der Waals surface area contributed by atoms with Crippen molar-refractivity contribution in [2.45, 2.75) is 12.2 Å². The van der Waals surface area contributed by atoms with Crippen LogP contribution in [0, 0.1) is 0 Å². The van der Waals surface area contributed by atoms with E-state index in [2.05, 4.69) is 21.5 Å². The van der Waals surface area contributed by atoms with Gasteiger partial charge in [-0.25, -0.2) is 8.37 Å². The van der Waals surface area contributed by atoms with Crippen LogP contribution < -0.4 is 0 Å². The molecule has 1 fully saturated rings. The Hall–Kier alpha value is -0.650. The van der Waals surface area contributed by atoms with Crippen LogP contribution in [0.4, 0.5) is 0 Å². The Kier molecular flexibility index (Phi) is 1.87. The van der Waals surface area contributed by atoms with Gasteiger partial charge in [0.15, 0.2) is 0 Å². The third kappa shape index (κ3) is 1.50. The molecule has 0 aromatic heterocycles. The Balaban J connectivity index is 2.71. The maximum atomic E-state index is 10.4. The maximum Gasteiger partial charge on any atom is 0.405 e. The van der Waals surface area contributed by atoms with Crippen molar-refractivity contribution in [2.75, 3.05) is 0 Å². The molecule has 0 radical (unpaired) electrons. The molecule has 0 bridgehead atoms.